The molecule has 1 atom stereocenters. The molecule has 0 saturated carbocycles. The van der Waals surface area contributed by atoms with Crippen molar-refractivity contribution in [3.63, 3.8) is 0 Å². The Hall–Kier alpha value is -1.81. The molecule has 1 aromatic carbocycles. The van der Waals surface area contributed by atoms with Crippen LogP contribution in [0.25, 0.3) is 0 Å². The van der Waals surface area contributed by atoms with Gasteiger partial charge in [-0.2, -0.15) is 5.10 Å². The molecule has 2 aromatic rings. The van der Waals surface area contributed by atoms with Crippen LogP contribution in [0.2, 0.25) is 0 Å². The normalized spacial score (nSPS) is 15.2. The first kappa shape index (κ1) is 11.3. The fourth-order valence-corrected chi connectivity index (χ4v) is 2.45. The standard InChI is InChI=1S/C14H16N2O2/c1-2-16-12(6-8-15-16)13(17)11-5-3-4-10-7-9-18-14(10)11/h3-6,8,13,17H,2,7,9H2,1H3. The third-order valence-corrected chi connectivity index (χ3v) is 3.37. The van der Waals surface area contributed by atoms with Gasteiger partial charge in [0.25, 0.3) is 0 Å². The minimum atomic E-state index is -0.680. The molecule has 0 radical (unpaired) electrons. The molecule has 1 N–H and O–H groups in total. The second-order valence-electron chi connectivity index (χ2n) is 4.41. The number of aromatic nitrogens is 2. The van der Waals surface area contributed by atoms with Gasteiger partial charge in [-0.05, 0) is 18.6 Å². The summed E-state index contributed by atoms with van der Waals surface area (Å²) < 4.78 is 7.44. The SMILES string of the molecule is CCn1nccc1C(O)c1cccc2c1OCC2. The molecule has 0 aliphatic carbocycles. The highest BCUT2D eigenvalue weighted by Crippen LogP contribution is 2.35. The summed E-state index contributed by atoms with van der Waals surface area (Å²) in [5, 5.41) is 14.7. The molecule has 1 aromatic heterocycles. The maximum absolute atomic E-state index is 10.5. The van der Waals surface area contributed by atoms with E-state index in [4.69, 9.17) is 4.74 Å². The second kappa shape index (κ2) is 4.46. The highest BCUT2D eigenvalue weighted by molar-refractivity contribution is 5.47. The van der Waals surface area contributed by atoms with Crippen LogP contribution in [0.3, 0.4) is 0 Å². The van der Waals surface area contributed by atoms with E-state index >= 15 is 0 Å². The molecule has 94 valence electrons. The Morgan fingerprint density at radius 3 is 3.17 bits per heavy atom. The molecular weight excluding hydrogens is 228 g/mol. The molecule has 4 heteroatoms. The van der Waals surface area contributed by atoms with Gasteiger partial charge in [-0.1, -0.05) is 18.2 Å². The summed E-state index contributed by atoms with van der Waals surface area (Å²) in [5.74, 6) is 0.842. The Morgan fingerprint density at radius 1 is 1.44 bits per heavy atom. The summed E-state index contributed by atoms with van der Waals surface area (Å²) in [6.07, 6.45) is 1.95. The van der Waals surface area contributed by atoms with Crippen molar-refractivity contribution in [2.24, 2.45) is 0 Å². The van der Waals surface area contributed by atoms with Crippen LogP contribution >= 0.6 is 0 Å². The highest BCUT2D eigenvalue weighted by atomic mass is 16.5. The van der Waals surface area contributed by atoms with E-state index in [1.54, 1.807) is 10.9 Å². The quantitative estimate of drug-likeness (QED) is 0.897. The predicted molar refractivity (Wildman–Crippen MR) is 67.6 cm³/mol. The van der Waals surface area contributed by atoms with Gasteiger partial charge in [0, 0.05) is 24.7 Å². The van der Waals surface area contributed by atoms with Crippen molar-refractivity contribution in [1.29, 1.82) is 0 Å². The lowest BCUT2D eigenvalue weighted by atomic mass is 10.0. The van der Waals surface area contributed by atoms with E-state index in [9.17, 15) is 5.11 Å². The third kappa shape index (κ3) is 1.69. The maximum Gasteiger partial charge on any atom is 0.128 e. The van der Waals surface area contributed by atoms with Gasteiger partial charge >= 0.3 is 0 Å². The Morgan fingerprint density at radius 2 is 2.33 bits per heavy atom. The molecule has 1 aliphatic heterocycles. The second-order valence-corrected chi connectivity index (χ2v) is 4.41. The fourth-order valence-electron chi connectivity index (χ4n) is 2.45. The molecule has 3 rings (SSSR count). The van der Waals surface area contributed by atoms with Crippen LogP contribution in [-0.4, -0.2) is 21.5 Å². The van der Waals surface area contributed by atoms with Crippen molar-refractivity contribution in [2.75, 3.05) is 6.61 Å². The lowest BCUT2D eigenvalue weighted by Crippen LogP contribution is -2.10. The van der Waals surface area contributed by atoms with Crippen LogP contribution in [0.4, 0.5) is 0 Å². The van der Waals surface area contributed by atoms with Crippen LogP contribution < -0.4 is 4.74 Å². The van der Waals surface area contributed by atoms with E-state index in [1.807, 2.05) is 25.1 Å². The van der Waals surface area contributed by atoms with E-state index in [0.29, 0.717) is 6.61 Å². The molecule has 18 heavy (non-hydrogen) atoms. The van der Waals surface area contributed by atoms with Gasteiger partial charge in [0.2, 0.25) is 0 Å². The molecule has 4 nitrogen and oxygen atoms in total. The molecule has 1 aliphatic rings. The summed E-state index contributed by atoms with van der Waals surface area (Å²) in [5.41, 5.74) is 2.82. The van der Waals surface area contributed by atoms with Crippen LogP contribution in [0.5, 0.6) is 5.75 Å². The number of nitrogens with zero attached hydrogens (tertiary/aromatic N) is 2. The van der Waals surface area contributed by atoms with Crippen molar-refractivity contribution in [2.45, 2.75) is 26.0 Å². The van der Waals surface area contributed by atoms with Crippen molar-refractivity contribution in [3.05, 3.63) is 47.3 Å². The summed E-state index contributed by atoms with van der Waals surface area (Å²) in [7, 11) is 0. The Labute approximate surface area is 106 Å². The maximum atomic E-state index is 10.5. The zero-order valence-electron chi connectivity index (χ0n) is 10.3. The number of aryl methyl sites for hydroxylation is 1. The predicted octanol–water partition coefficient (Wildman–Crippen LogP) is 1.92. The number of rotatable bonds is 3. The molecular formula is C14H16N2O2. The zero-order valence-corrected chi connectivity index (χ0v) is 10.3. The average Bonchev–Trinajstić information content (AvgIpc) is 3.05. The molecule has 0 saturated heterocycles. The fraction of sp³-hybridized carbons (Fsp3) is 0.357. The van der Waals surface area contributed by atoms with Gasteiger partial charge in [-0.15, -0.1) is 0 Å². The van der Waals surface area contributed by atoms with E-state index in [1.165, 1.54) is 5.56 Å². The van der Waals surface area contributed by atoms with E-state index in [-0.39, 0.29) is 0 Å². The summed E-state index contributed by atoms with van der Waals surface area (Å²) >= 11 is 0. The molecule has 1 unspecified atom stereocenters. The van der Waals surface area contributed by atoms with E-state index < -0.39 is 6.10 Å². The average molecular weight is 244 g/mol. The van der Waals surface area contributed by atoms with Gasteiger partial charge in [0.15, 0.2) is 0 Å². The minimum absolute atomic E-state index is 0.680. The summed E-state index contributed by atoms with van der Waals surface area (Å²) in [6, 6.07) is 7.79. The lowest BCUT2D eigenvalue weighted by molar-refractivity contribution is 0.202. The van der Waals surface area contributed by atoms with Crippen LogP contribution in [0.1, 0.15) is 29.8 Å². The number of hydrogen-bond acceptors (Lipinski definition) is 3. The third-order valence-electron chi connectivity index (χ3n) is 3.37. The molecule has 0 bridgehead atoms. The number of ether oxygens (including phenoxy) is 1. The number of benzene rings is 1. The molecule has 0 fully saturated rings. The van der Waals surface area contributed by atoms with Crippen molar-refractivity contribution in [1.82, 2.24) is 9.78 Å². The van der Waals surface area contributed by atoms with Gasteiger partial charge in [-0.3, -0.25) is 4.68 Å². The molecule has 0 spiro atoms. The number of para-hydroxylation sites is 1. The van der Waals surface area contributed by atoms with Gasteiger partial charge < -0.3 is 9.84 Å². The number of aliphatic hydroxyl groups excluding tert-OH is 1. The number of hydrogen-bond donors (Lipinski definition) is 1. The minimum Gasteiger partial charge on any atom is -0.493 e. The van der Waals surface area contributed by atoms with Gasteiger partial charge in [0.1, 0.15) is 11.9 Å². The Kier molecular flexibility index (Phi) is 2.80. The van der Waals surface area contributed by atoms with Crippen LogP contribution in [0, 0.1) is 0 Å². The van der Waals surface area contributed by atoms with Gasteiger partial charge in [0.05, 0.1) is 12.3 Å². The topological polar surface area (TPSA) is 47.3 Å². The van der Waals surface area contributed by atoms with Crippen LogP contribution in [0.15, 0.2) is 30.5 Å². The Balaban J connectivity index is 2.03. The van der Waals surface area contributed by atoms with Crippen molar-refractivity contribution < 1.29 is 9.84 Å². The highest BCUT2D eigenvalue weighted by Gasteiger charge is 2.23. The largest absolute Gasteiger partial charge is 0.493 e. The van der Waals surface area contributed by atoms with Crippen molar-refractivity contribution >= 4 is 0 Å². The smallest absolute Gasteiger partial charge is 0.128 e. The first-order valence-corrected chi connectivity index (χ1v) is 6.25. The lowest BCUT2D eigenvalue weighted by Gasteiger charge is -2.15. The number of aliphatic hydroxyl groups is 1. The Bertz CT molecular complexity index is 563. The molecule has 2 heterocycles. The first-order chi connectivity index (χ1) is 8.81. The summed E-state index contributed by atoms with van der Waals surface area (Å²) in [6.45, 7) is 3.45. The zero-order chi connectivity index (χ0) is 12.5. The monoisotopic (exact) mass is 244 g/mol. The van der Waals surface area contributed by atoms with Gasteiger partial charge in [-0.25, -0.2) is 0 Å². The van der Waals surface area contributed by atoms with Crippen LogP contribution in [-0.2, 0) is 13.0 Å². The molecule has 0 amide bonds. The van der Waals surface area contributed by atoms with Crippen molar-refractivity contribution in [3.8, 4) is 5.75 Å². The first-order valence-electron chi connectivity index (χ1n) is 6.25. The van der Waals surface area contributed by atoms with E-state index in [2.05, 4.69) is 11.2 Å². The summed E-state index contributed by atoms with van der Waals surface area (Å²) in [4.78, 5) is 0. The van der Waals surface area contributed by atoms with E-state index in [0.717, 1.165) is 30.0 Å². The number of fused-ring (bicyclic) bond motifs is 1.